The van der Waals surface area contributed by atoms with E-state index in [0.29, 0.717) is 10.7 Å². The molecule has 0 unspecified atom stereocenters. The lowest BCUT2D eigenvalue weighted by Crippen LogP contribution is -2.24. The van der Waals surface area contributed by atoms with Crippen LogP contribution in [0.2, 0.25) is 5.02 Å². The second-order valence-corrected chi connectivity index (χ2v) is 6.33. The number of nitrogens with two attached hydrogens (primary N) is 1. The van der Waals surface area contributed by atoms with Gasteiger partial charge in [0.1, 0.15) is 4.90 Å². The van der Waals surface area contributed by atoms with Crippen molar-refractivity contribution >= 4 is 27.3 Å². The molecule has 1 aromatic heterocycles. The highest BCUT2D eigenvalue weighted by Gasteiger charge is 2.17. The molecule has 0 bridgehead atoms. The first-order valence-electron chi connectivity index (χ1n) is 5.71. The van der Waals surface area contributed by atoms with Crippen molar-refractivity contribution < 1.29 is 8.42 Å². The summed E-state index contributed by atoms with van der Waals surface area (Å²) in [5, 5.41) is 0.380. The summed E-state index contributed by atoms with van der Waals surface area (Å²) in [6, 6.07) is 4.22. The molecule has 6 nitrogen and oxygen atoms in total. The predicted octanol–water partition coefficient (Wildman–Crippen LogP) is 1.50. The van der Waals surface area contributed by atoms with Gasteiger partial charge < -0.3 is 5.73 Å². The highest BCUT2D eigenvalue weighted by molar-refractivity contribution is 7.89. The zero-order valence-electron chi connectivity index (χ0n) is 10.7. The quantitative estimate of drug-likeness (QED) is 0.834. The maximum Gasteiger partial charge on any atom is 0.242 e. The Hall–Kier alpha value is -1.70. The van der Waals surface area contributed by atoms with Crippen LogP contribution in [0, 0.1) is 6.92 Å². The Morgan fingerprint density at radius 2 is 2.05 bits per heavy atom. The lowest BCUT2D eigenvalue weighted by Gasteiger charge is -2.09. The van der Waals surface area contributed by atoms with Crippen LogP contribution in [0.3, 0.4) is 0 Å². The zero-order valence-corrected chi connectivity index (χ0v) is 12.2. The maximum absolute atomic E-state index is 12.1. The second-order valence-electron chi connectivity index (χ2n) is 4.16. The molecule has 8 heteroatoms. The third-order valence-corrected chi connectivity index (χ3v) is 4.25. The van der Waals surface area contributed by atoms with Crippen LogP contribution in [-0.2, 0) is 16.6 Å². The number of nitrogens with zero attached hydrogens (tertiary/aromatic N) is 2. The number of sulfonamides is 1. The normalized spacial score (nSPS) is 11.5. The summed E-state index contributed by atoms with van der Waals surface area (Å²) >= 11 is 5.74. The SMILES string of the molecule is Cc1cnc(CNS(=O)(=O)c2ccc(Cl)cc2N)cn1. The fourth-order valence-corrected chi connectivity index (χ4v) is 2.81. The van der Waals surface area contributed by atoms with E-state index in [-0.39, 0.29) is 17.1 Å². The van der Waals surface area contributed by atoms with Crippen LogP contribution < -0.4 is 10.5 Å². The molecule has 106 valence electrons. The average Bonchev–Trinajstić information content (AvgIpc) is 2.37. The van der Waals surface area contributed by atoms with Crippen molar-refractivity contribution in [2.45, 2.75) is 18.4 Å². The molecule has 0 saturated carbocycles. The van der Waals surface area contributed by atoms with E-state index >= 15 is 0 Å². The standard InChI is InChI=1S/C12H13ClN4O2S/c1-8-5-16-10(6-15-8)7-17-20(18,19)12-3-2-9(13)4-11(12)14/h2-6,17H,7,14H2,1H3. The molecule has 0 saturated heterocycles. The molecule has 2 rings (SSSR count). The van der Waals surface area contributed by atoms with Gasteiger partial charge in [0.25, 0.3) is 0 Å². The smallest absolute Gasteiger partial charge is 0.242 e. The van der Waals surface area contributed by atoms with Gasteiger partial charge >= 0.3 is 0 Å². The van der Waals surface area contributed by atoms with Crippen LogP contribution in [0.4, 0.5) is 5.69 Å². The van der Waals surface area contributed by atoms with Crippen LogP contribution in [0.1, 0.15) is 11.4 Å². The molecule has 0 fully saturated rings. The van der Waals surface area contributed by atoms with Crippen molar-refractivity contribution in [1.82, 2.24) is 14.7 Å². The largest absolute Gasteiger partial charge is 0.398 e. The summed E-state index contributed by atoms with van der Waals surface area (Å²) in [6.07, 6.45) is 3.09. The predicted molar refractivity (Wildman–Crippen MR) is 76.7 cm³/mol. The summed E-state index contributed by atoms with van der Waals surface area (Å²) in [5.74, 6) is 0. The number of aryl methyl sites for hydroxylation is 1. The molecule has 0 amide bonds. The molecule has 1 heterocycles. The number of anilines is 1. The number of hydrogen-bond donors (Lipinski definition) is 2. The molecule has 0 aliphatic carbocycles. The van der Waals surface area contributed by atoms with Gasteiger partial charge in [0, 0.05) is 11.2 Å². The highest BCUT2D eigenvalue weighted by Crippen LogP contribution is 2.22. The lowest BCUT2D eigenvalue weighted by molar-refractivity contribution is 0.580. The van der Waals surface area contributed by atoms with E-state index < -0.39 is 10.0 Å². The summed E-state index contributed by atoms with van der Waals surface area (Å²) in [7, 11) is -3.72. The van der Waals surface area contributed by atoms with E-state index in [2.05, 4.69) is 14.7 Å². The third-order valence-electron chi connectivity index (χ3n) is 2.54. The highest BCUT2D eigenvalue weighted by atomic mass is 35.5. The topological polar surface area (TPSA) is 98.0 Å². The fraction of sp³-hybridized carbons (Fsp3) is 0.167. The first-order valence-corrected chi connectivity index (χ1v) is 7.57. The summed E-state index contributed by atoms with van der Waals surface area (Å²) in [4.78, 5) is 8.10. The Morgan fingerprint density at radius 1 is 1.30 bits per heavy atom. The Labute approximate surface area is 122 Å². The molecule has 0 radical (unpaired) electrons. The summed E-state index contributed by atoms with van der Waals surface area (Å²) < 4.78 is 26.7. The maximum atomic E-state index is 12.1. The van der Waals surface area contributed by atoms with Gasteiger partial charge in [-0.3, -0.25) is 9.97 Å². The monoisotopic (exact) mass is 312 g/mol. The third kappa shape index (κ3) is 3.44. The Kier molecular flexibility index (Phi) is 4.22. The van der Waals surface area contributed by atoms with E-state index in [4.69, 9.17) is 17.3 Å². The average molecular weight is 313 g/mol. The molecule has 0 aliphatic heterocycles. The van der Waals surface area contributed by atoms with Gasteiger partial charge in [0.15, 0.2) is 0 Å². The van der Waals surface area contributed by atoms with Crippen LogP contribution in [0.25, 0.3) is 0 Å². The van der Waals surface area contributed by atoms with Crippen LogP contribution in [-0.4, -0.2) is 18.4 Å². The zero-order chi connectivity index (χ0) is 14.8. The molecule has 0 spiro atoms. The van der Waals surface area contributed by atoms with Gasteiger partial charge in [0.2, 0.25) is 10.0 Å². The van der Waals surface area contributed by atoms with E-state index in [1.165, 1.54) is 24.4 Å². The number of halogens is 1. The molecule has 0 aliphatic rings. The van der Waals surface area contributed by atoms with Gasteiger partial charge in [-0.25, -0.2) is 13.1 Å². The van der Waals surface area contributed by atoms with E-state index in [0.717, 1.165) is 5.69 Å². The number of benzene rings is 1. The van der Waals surface area contributed by atoms with Crippen LogP contribution in [0.5, 0.6) is 0 Å². The fourth-order valence-electron chi connectivity index (χ4n) is 1.52. The van der Waals surface area contributed by atoms with Gasteiger partial charge in [0.05, 0.1) is 29.8 Å². The molecule has 3 N–H and O–H groups in total. The minimum atomic E-state index is -3.72. The van der Waals surface area contributed by atoms with Crippen LogP contribution in [0.15, 0.2) is 35.5 Å². The molecule has 1 aromatic carbocycles. The van der Waals surface area contributed by atoms with Crippen molar-refractivity contribution in [3.05, 3.63) is 47.0 Å². The van der Waals surface area contributed by atoms with E-state index in [9.17, 15) is 8.42 Å². The molecule has 2 aromatic rings. The Morgan fingerprint density at radius 3 is 2.65 bits per heavy atom. The van der Waals surface area contributed by atoms with E-state index in [1.54, 1.807) is 13.1 Å². The Bertz CT molecular complexity index is 717. The van der Waals surface area contributed by atoms with Gasteiger partial charge in [-0.2, -0.15) is 0 Å². The minimum Gasteiger partial charge on any atom is -0.398 e. The number of aromatic nitrogens is 2. The first kappa shape index (κ1) is 14.7. The van der Waals surface area contributed by atoms with E-state index in [1.807, 2.05) is 0 Å². The van der Waals surface area contributed by atoms with Gasteiger partial charge in [-0.05, 0) is 25.1 Å². The van der Waals surface area contributed by atoms with Crippen LogP contribution >= 0.6 is 11.6 Å². The van der Waals surface area contributed by atoms with Gasteiger partial charge in [-0.1, -0.05) is 11.6 Å². The van der Waals surface area contributed by atoms with Crippen molar-refractivity contribution in [3.8, 4) is 0 Å². The lowest BCUT2D eigenvalue weighted by atomic mass is 10.3. The number of nitrogens with one attached hydrogen (secondary N) is 1. The van der Waals surface area contributed by atoms with Crippen molar-refractivity contribution in [2.24, 2.45) is 0 Å². The number of hydrogen-bond acceptors (Lipinski definition) is 5. The molecule has 0 atom stereocenters. The second kappa shape index (κ2) is 5.74. The molecular weight excluding hydrogens is 300 g/mol. The summed E-state index contributed by atoms with van der Waals surface area (Å²) in [6.45, 7) is 1.84. The van der Waals surface area contributed by atoms with Crippen molar-refractivity contribution in [1.29, 1.82) is 0 Å². The first-order chi connectivity index (χ1) is 9.38. The molecule has 20 heavy (non-hydrogen) atoms. The minimum absolute atomic E-state index is 0.0121. The molecular formula is C12H13ClN4O2S. The number of rotatable bonds is 4. The summed E-state index contributed by atoms with van der Waals surface area (Å²) in [5.41, 5.74) is 7.04. The number of nitrogen functional groups attached to an aromatic ring is 1. The van der Waals surface area contributed by atoms with Gasteiger partial charge in [-0.15, -0.1) is 0 Å². The Balaban J connectivity index is 2.17. The van der Waals surface area contributed by atoms with Crippen molar-refractivity contribution in [2.75, 3.05) is 5.73 Å². The van der Waals surface area contributed by atoms with Crippen molar-refractivity contribution in [3.63, 3.8) is 0 Å².